The van der Waals surface area contributed by atoms with Crippen LogP contribution in [-0.2, 0) is 0 Å². The van der Waals surface area contributed by atoms with E-state index in [2.05, 4.69) is 43.0 Å². The van der Waals surface area contributed by atoms with Crippen molar-refractivity contribution >= 4 is 5.69 Å². The predicted molar refractivity (Wildman–Crippen MR) is 77.9 cm³/mol. The van der Waals surface area contributed by atoms with Gasteiger partial charge >= 0.3 is 0 Å². The van der Waals surface area contributed by atoms with Crippen molar-refractivity contribution in [2.45, 2.75) is 39.2 Å². The monoisotopic (exact) mass is 250 g/mol. The van der Waals surface area contributed by atoms with Crippen LogP contribution in [0, 0.1) is 0 Å². The van der Waals surface area contributed by atoms with Gasteiger partial charge in [-0.15, -0.1) is 0 Å². The maximum Gasteiger partial charge on any atom is 0.0606 e. The second kappa shape index (κ2) is 8.11. The molecule has 1 aromatic rings. The Labute approximate surface area is 111 Å². The van der Waals surface area contributed by atoms with E-state index in [-0.39, 0.29) is 12.6 Å². The highest BCUT2D eigenvalue weighted by atomic mass is 16.3. The summed E-state index contributed by atoms with van der Waals surface area (Å²) in [6.07, 6.45) is 3.27. The van der Waals surface area contributed by atoms with Gasteiger partial charge in [0.15, 0.2) is 0 Å². The molecule has 0 fully saturated rings. The minimum absolute atomic E-state index is 0.126. The fourth-order valence-electron chi connectivity index (χ4n) is 2.01. The van der Waals surface area contributed by atoms with E-state index < -0.39 is 0 Å². The molecule has 3 nitrogen and oxygen atoms in total. The fourth-order valence-corrected chi connectivity index (χ4v) is 2.01. The first-order chi connectivity index (χ1) is 8.72. The molecule has 0 radical (unpaired) electrons. The first-order valence-electron chi connectivity index (χ1n) is 6.94. The molecule has 0 bridgehead atoms. The van der Waals surface area contributed by atoms with E-state index in [9.17, 15) is 0 Å². The molecule has 1 aromatic carbocycles. The third-order valence-electron chi connectivity index (χ3n) is 3.28. The van der Waals surface area contributed by atoms with Gasteiger partial charge in [0.05, 0.1) is 6.61 Å². The normalized spacial score (nSPS) is 12.4. The number of aliphatic hydroxyl groups is 1. The lowest BCUT2D eigenvalue weighted by Gasteiger charge is -2.24. The standard InChI is InChI=1S/C15H26N2O/c1-3-5-10-17(11-12-18)14-8-6-13(7-9-14)15(16)4-2/h6-9,15,18H,3-5,10-12,16H2,1-2H3/t15-/m0/s1. The molecule has 0 aliphatic rings. The quantitative estimate of drug-likeness (QED) is 0.746. The largest absolute Gasteiger partial charge is 0.395 e. The average molecular weight is 250 g/mol. The van der Waals surface area contributed by atoms with Gasteiger partial charge < -0.3 is 15.7 Å². The van der Waals surface area contributed by atoms with Crippen molar-refractivity contribution in [3.05, 3.63) is 29.8 Å². The van der Waals surface area contributed by atoms with Crippen LogP contribution in [0.15, 0.2) is 24.3 Å². The molecule has 18 heavy (non-hydrogen) atoms. The molecule has 1 rings (SSSR count). The third kappa shape index (κ3) is 4.31. The van der Waals surface area contributed by atoms with Crippen LogP contribution in [0.1, 0.15) is 44.7 Å². The Morgan fingerprint density at radius 1 is 1.17 bits per heavy atom. The number of hydrogen-bond acceptors (Lipinski definition) is 3. The number of rotatable bonds is 8. The zero-order valence-electron chi connectivity index (χ0n) is 11.6. The lowest BCUT2D eigenvalue weighted by atomic mass is 10.0. The summed E-state index contributed by atoms with van der Waals surface area (Å²) in [5.41, 5.74) is 8.36. The number of aliphatic hydroxyl groups excluding tert-OH is 1. The van der Waals surface area contributed by atoms with Gasteiger partial charge in [-0.3, -0.25) is 0 Å². The van der Waals surface area contributed by atoms with Gasteiger partial charge in [0, 0.05) is 24.8 Å². The van der Waals surface area contributed by atoms with Crippen LogP contribution < -0.4 is 10.6 Å². The fraction of sp³-hybridized carbons (Fsp3) is 0.600. The smallest absolute Gasteiger partial charge is 0.0606 e. The molecule has 0 aliphatic carbocycles. The average Bonchev–Trinajstić information content (AvgIpc) is 2.43. The first kappa shape index (κ1) is 15.0. The molecular formula is C15H26N2O. The predicted octanol–water partition coefficient (Wildman–Crippen LogP) is 2.70. The van der Waals surface area contributed by atoms with Crippen LogP contribution in [0.3, 0.4) is 0 Å². The van der Waals surface area contributed by atoms with Gasteiger partial charge in [0.1, 0.15) is 0 Å². The molecular weight excluding hydrogens is 224 g/mol. The van der Waals surface area contributed by atoms with Gasteiger partial charge in [0.2, 0.25) is 0 Å². The summed E-state index contributed by atoms with van der Waals surface area (Å²) < 4.78 is 0. The highest BCUT2D eigenvalue weighted by molar-refractivity contribution is 5.48. The maximum atomic E-state index is 9.12. The lowest BCUT2D eigenvalue weighted by molar-refractivity contribution is 0.301. The van der Waals surface area contributed by atoms with E-state index in [0.717, 1.165) is 19.4 Å². The molecule has 0 spiro atoms. The molecule has 0 saturated heterocycles. The second-order valence-electron chi connectivity index (χ2n) is 4.67. The second-order valence-corrected chi connectivity index (χ2v) is 4.67. The summed E-state index contributed by atoms with van der Waals surface area (Å²) in [6, 6.07) is 8.53. The van der Waals surface area contributed by atoms with Crippen LogP contribution in [0.25, 0.3) is 0 Å². The van der Waals surface area contributed by atoms with Crippen molar-refractivity contribution in [2.24, 2.45) is 5.73 Å². The van der Waals surface area contributed by atoms with Crippen LogP contribution in [0.4, 0.5) is 5.69 Å². The number of anilines is 1. The molecule has 1 atom stereocenters. The van der Waals surface area contributed by atoms with E-state index >= 15 is 0 Å². The first-order valence-corrected chi connectivity index (χ1v) is 6.94. The SMILES string of the molecule is CCCCN(CCO)c1ccc([C@@H](N)CC)cc1. The van der Waals surface area contributed by atoms with Crippen LogP contribution in [-0.4, -0.2) is 24.8 Å². The van der Waals surface area contributed by atoms with Gasteiger partial charge in [0.25, 0.3) is 0 Å². The van der Waals surface area contributed by atoms with Gasteiger partial charge in [-0.1, -0.05) is 32.4 Å². The minimum atomic E-state index is 0.126. The number of unbranched alkanes of at least 4 members (excludes halogenated alkanes) is 1. The summed E-state index contributed by atoms with van der Waals surface area (Å²) in [5, 5.41) is 9.12. The van der Waals surface area contributed by atoms with Crippen molar-refractivity contribution < 1.29 is 5.11 Å². The molecule has 102 valence electrons. The minimum Gasteiger partial charge on any atom is -0.395 e. The van der Waals surface area contributed by atoms with Gasteiger partial charge in [-0.05, 0) is 30.5 Å². The number of nitrogens with zero attached hydrogens (tertiary/aromatic N) is 1. The summed E-state index contributed by atoms with van der Waals surface area (Å²) in [7, 11) is 0. The maximum absolute atomic E-state index is 9.12. The van der Waals surface area contributed by atoms with Crippen molar-refractivity contribution in [3.63, 3.8) is 0 Å². The Hall–Kier alpha value is -1.06. The van der Waals surface area contributed by atoms with E-state index in [1.807, 2.05) is 0 Å². The van der Waals surface area contributed by atoms with Gasteiger partial charge in [-0.2, -0.15) is 0 Å². The Balaban J connectivity index is 2.73. The Morgan fingerprint density at radius 2 is 1.83 bits per heavy atom. The van der Waals surface area contributed by atoms with Gasteiger partial charge in [-0.25, -0.2) is 0 Å². The molecule has 3 heteroatoms. The number of nitrogens with two attached hydrogens (primary N) is 1. The highest BCUT2D eigenvalue weighted by Gasteiger charge is 2.07. The Kier molecular flexibility index (Phi) is 6.76. The summed E-state index contributed by atoms with van der Waals surface area (Å²) >= 11 is 0. The third-order valence-corrected chi connectivity index (χ3v) is 3.28. The summed E-state index contributed by atoms with van der Waals surface area (Å²) in [6.45, 7) is 6.16. The van der Waals surface area contributed by atoms with Crippen molar-refractivity contribution in [1.82, 2.24) is 0 Å². The molecule has 0 aromatic heterocycles. The van der Waals surface area contributed by atoms with E-state index in [1.54, 1.807) is 0 Å². The van der Waals surface area contributed by atoms with Crippen LogP contribution in [0.2, 0.25) is 0 Å². The zero-order valence-corrected chi connectivity index (χ0v) is 11.6. The molecule has 0 saturated carbocycles. The van der Waals surface area contributed by atoms with Crippen molar-refractivity contribution in [2.75, 3.05) is 24.6 Å². The van der Waals surface area contributed by atoms with Crippen molar-refractivity contribution in [3.8, 4) is 0 Å². The number of benzene rings is 1. The summed E-state index contributed by atoms with van der Waals surface area (Å²) in [5.74, 6) is 0. The molecule has 0 unspecified atom stereocenters. The Bertz CT molecular complexity index is 324. The van der Waals surface area contributed by atoms with Crippen molar-refractivity contribution in [1.29, 1.82) is 0 Å². The zero-order chi connectivity index (χ0) is 13.4. The van der Waals surface area contributed by atoms with Crippen LogP contribution >= 0.6 is 0 Å². The van der Waals surface area contributed by atoms with Crippen LogP contribution in [0.5, 0.6) is 0 Å². The highest BCUT2D eigenvalue weighted by Crippen LogP contribution is 2.20. The summed E-state index contributed by atoms with van der Waals surface area (Å²) in [4.78, 5) is 2.23. The molecule has 0 aliphatic heterocycles. The lowest BCUT2D eigenvalue weighted by Crippen LogP contribution is -2.27. The molecule has 0 amide bonds. The van der Waals surface area contributed by atoms with E-state index in [4.69, 9.17) is 10.8 Å². The molecule has 3 N–H and O–H groups in total. The Morgan fingerprint density at radius 3 is 2.33 bits per heavy atom. The van der Waals surface area contributed by atoms with E-state index in [1.165, 1.54) is 17.7 Å². The van der Waals surface area contributed by atoms with E-state index in [0.29, 0.717) is 6.54 Å². The topological polar surface area (TPSA) is 49.5 Å². The molecule has 0 heterocycles. The number of hydrogen-bond donors (Lipinski definition) is 2.